The van der Waals surface area contributed by atoms with Crippen LogP contribution in [0.3, 0.4) is 0 Å². The van der Waals surface area contributed by atoms with E-state index in [1.54, 1.807) is 24.4 Å². The minimum Gasteiger partial charge on any atom is -0.450 e. The van der Waals surface area contributed by atoms with Gasteiger partial charge in [-0.3, -0.25) is 14.7 Å². The Balaban J connectivity index is 1.40. The van der Waals surface area contributed by atoms with Gasteiger partial charge >= 0.3 is 0 Å². The van der Waals surface area contributed by atoms with Crippen molar-refractivity contribution < 1.29 is 9.21 Å². The van der Waals surface area contributed by atoms with Crippen LogP contribution in [0.25, 0.3) is 11.0 Å². The summed E-state index contributed by atoms with van der Waals surface area (Å²) in [6, 6.07) is 9.80. The molecule has 5 heterocycles. The summed E-state index contributed by atoms with van der Waals surface area (Å²) in [7, 11) is 0. The normalized spacial score (nSPS) is 26.0. The SMILES string of the molecule is O=C(N[C@@H]1C2CCN(CC2)[C@H]1Cc1cccnc1)c1cc2cc(Cl)cc(Br)c2o1. The lowest BCUT2D eigenvalue weighted by Crippen LogP contribution is -2.64. The first-order valence-electron chi connectivity index (χ1n) is 9.91. The molecule has 3 saturated heterocycles. The summed E-state index contributed by atoms with van der Waals surface area (Å²) >= 11 is 9.58. The number of furan rings is 1. The molecule has 29 heavy (non-hydrogen) atoms. The summed E-state index contributed by atoms with van der Waals surface area (Å²) in [4.78, 5) is 19.8. The average Bonchev–Trinajstić information content (AvgIpc) is 3.16. The van der Waals surface area contributed by atoms with Gasteiger partial charge in [0.25, 0.3) is 5.91 Å². The quantitative estimate of drug-likeness (QED) is 0.596. The number of benzene rings is 1. The molecule has 7 heteroatoms. The van der Waals surface area contributed by atoms with Crippen LogP contribution in [0.15, 0.2) is 51.6 Å². The van der Waals surface area contributed by atoms with Gasteiger partial charge in [-0.05, 0) is 84.0 Å². The van der Waals surface area contributed by atoms with Crippen molar-refractivity contribution in [3.8, 4) is 0 Å². The zero-order chi connectivity index (χ0) is 20.0. The zero-order valence-electron chi connectivity index (χ0n) is 15.8. The topological polar surface area (TPSA) is 58.4 Å². The standard InChI is InChI=1S/C22H21BrClN3O2/c23-17-11-16(24)9-15-10-19(29-21(15)17)22(28)26-20-14-3-6-27(7-4-14)18(20)8-13-2-1-5-25-12-13/h1-2,5,9-12,14,18,20H,3-4,6-8H2,(H,26,28)/t18-,20+/m0/s1. The van der Waals surface area contributed by atoms with Gasteiger partial charge in [-0.2, -0.15) is 0 Å². The highest BCUT2D eigenvalue weighted by molar-refractivity contribution is 9.10. The molecule has 2 aromatic heterocycles. The first kappa shape index (κ1) is 19.1. The van der Waals surface area contributed by atoms with E-state index in [9.17, 15) is 4.79 Å². The Labute approximate surface area is 182 Å². The van der Waals surface area contributed by atoms with Crippen molar-refractivity contribution in [1.82, 2.24) is 15.2 Å². The molecule has 1 aromatic carbocycles. The fourth-order valence-electron chi connectivity index (χ4n) is 4.79. The lowest BCUT2D eigenvalue weighted by Gasteiger charge is -2.51. The largest absolute Gasteiger partial charge is 0.450 e. The molecule has 0 radical (unpaired) electrons. The highest BCUT2D eigenvalue weighted by atomic mass is 79.9. The number of pyridine rings is 1. The molecule has 3 fully saturated rings. The molecule has 1 N–H and O–H groups in total. The molecule has 1 amide bonds. The molecule has 5 nitrogen and oxygen atoms in total. The first-order chi connectivity index (χ1) is 14.1. The van der Waals surface area contributed by atoms with Crippen LogP contribution in [0.2, 0.25) is 5.02 Å². The van der Waals surface area contributed by atoms with Crippen LogP contribution in [0.4, 0.5) is 0 Å². The third-order valence-electron chi connectivity index (χ3n) is 6.19. The molecule has 0 spiro atoms. The Morgan fingerprint density at radius 1 is 1.31 bits per heavy atom. The van der Waals surface area contributed by atoms with E-state index in [2.05, 4.69) is 37.2 Å². The van der Waals surface area contributed by atoms with Crippen molar-refractivity contribution in [1.29, 1.82) is 0 Å². The van der Waals surface area contributed by atoms with E-state index in [-0.39, 0.29) is 18.0 Å². The first-order valence-corrected chi connectivity index (χ1v) is 11.1. The van der Waals surface area contributed by atoms with Crippen LogP contribution in [0.1, 0.15) is 29.0 Å². The van der Waals surface area contributed by atoms with Gasteiger partial charge in [0.1, 0.15) is 5.58 Å². The number of carbonyl (C=O) groups excluding carboxylic acids is 1. The fraction of sp³-hybridized carbons (Fsp3) is 0.364. The predicted octanol–water partition coefficient (Wildman–Crippen LogP) is 4.68. The summed E-state index contributed by atoms with van der Waals surface area (Å²) in [6.07, 6.45) is 6.84. The molecule has 2 atom stereocenters. The fourth-order valence-corrected chi connectivity index (χ4v) is 5.71. The number of amides is 1. The maximum atomic E-state index is 13.1. The minimum absolute atomic E-state index is 0.102. The number of nitrogens with one attached hydrogen (secondary N) is 1. The van der Waals surface area contributed by atoms with Gasteiger partial charge in [0.15, 0.2) is 5.76 Å². The smallest absolute Gasteiger partial charge is 0.287 e. The maximum absolute atomic E-state index is 13.1. The van der Waals surface area contributed by atoms with Gasteiger partial charge in [0.2, 0.25) is 0 Å². The highest BCUT2D eigenvalue weighted by Gasteiger charge is 2.43. The summed E-state index contributed by atoms with van der Waals surface area (Å²) in [5, 5.41) is 4.71. The van der Waals surface area contributed by atoms with E-state index < -0.39 is 0 Å². The van der Waals surface area contributed by atoms with E-state index in [0.29, 0.717) is 22.3 Å². The second kappa shape index (κ2) is 7.74. The van der Waals surface area contributed by atoms with Crippen LogP contribution < -0.4 is 5.32 Å². The number of rotatable bonds is 4. The van der Waals surface area contributed by atoms with Crippen LogP contribution in [0.5, 0.6) is 0 Å². The molecular weight excluding hydrogens is 454 g/mol. The number of hydrogen-bond acceptors (Lipinski definition) is 4. The van der Waals surface area contributed by atoms with Crippen molar-refractivity contribution in [2.45, 2.75) is 31.3 Å². The lowest BCUT2D eigenvalue weighted by molar-refractivity contribution is 0.0131. The molecule has 0 unspecified atom stereocenters. The highest BCUT2D eigenvalue weighted by Crippen LogP contribution is 2.35. The Bertz CT molecular complexity index is 1050. The predicted molar refractivity (Wildman–Crippen MR) is 116 cm³/mol. The van der Waals surface area contributed by atoms with Crippen LogP contribution >= 0.6 is 27.5 Å². The zero-order valence-corrected chi connectivity index (χ0v) is 18.1. The Kier molecular flexibility index (Phi) is 5.10. The molecule has 3 aliphatic heterocycles. The molecule has 6 rings (SSSR count). The average molecular weight is 475 g/mol. The number of aromatic nitrogens is 1. The van der Waals surface area contributed by atoms with Crippen LogP contribution in [-0.2, 0) is 6.42 Å². The monoisotopic (exact) mass is 473 g/mol. The second-order valence-electron chi connectivity index (χ2n) is 7.92. The van der Waals surface area contributed by atoms with E-state index in [1.807, 2.05) is 12.3 Å². The van der Waals surface area contributed by atoms with Gasteiger partial charge in [0.05, 0.1) is 4.47 Å². The molecule has 0 saturated carbocycles. The van der Waals surface area contributed by atoms with Crippen molar-refractivity contribution in [2.75, 3.05) is 13.1 Å². The van der Waals surface area contributed by atoms with Crippen molar-refractivity contribution in [3.05, 3.63) is 63.5 Å². The maximum Gasteiger partial charge on any atom is 0.287 e. The van der Waals surface area contributed by atoms with E-state index in [0.717, 1.165) is 42.2 Å². The molecule has 3 aliphatic rings. The van der Waals surface area contributed by atoms with Gasteiger partial charge < -0.3 is 9.73 Å². The molecule has 150 valence electrons. The van der Waals surface area contributed by atoms with Gasteiger partial charge in [0, 0.05) is 34.9 Å². The molecule has 3 aromatic rings. The Morgan fingerprint density at radius 3 is 2.90 bits per heavy atom. The Hall–Kier alpha value is -1.89. The molecular formula is C22H21BrClN3O2. The third-order valence-corrected chi connectivity index (χ3v) is 7.00. The third kappa shape index (κ3) is 3.69. The van der Waals surface area contributed by atoms with Gasteiger partial charge in [-0.25, -0.2) is 0 Å². The second-order valence-corrected chi connectivity index (χ2v) is 9.21. The molecule has 2 bridgehead atoms. The van der Waals surface area contributed by atoms with E-state index in [4.69, 9.17) is 16.0 Å². The Morgan fingerprint density at radius 2 is 2.14 bits per heavy atom. The summed E-state index contributed by atoms with van der Waals surface area (Å²) in [6.45, 7) is 2.19. The number of carbonyl (C=O) groups is 1. The number of nitrogens with zero attached hydrogens (tertiary/aromatic N) is 2. The van der Waals surface area contributed by atoms with E-state index >= 15 is 0 Å². The summed E-state index contributed by atoms with van der Waals surface area (Å²) in [5.74, 6) is 0.648. The summed E-state index contributed by atoms with van der Waals surface area (Å²) < 4.78 is 6.60. The van der Waals surface area contributed by atoms with E-state index in [1.165, 1.54) is 5.56 Å². The number of hydrogen-bond donors (Lipinski definition) is 1. The van der Waals surface area contributed by atoms with Gasteiger partial charge in [-0.1, -0.05) is 17.7 Å². The van der Waals surface area contributed by atoms with Crippen LogP contribution in [-0.4, -0.2) is 41.0 Å². The minimum atomic E-state index is -0.167. The van der Waals surface area contributed by atoms with Crippen LogP contribution in [0, 0.1) is 5.92 Å². The summed E-state index contributed by atoms with van der Waals surface area (Å²) in [5.41, 5.74) is 1.84. The number of piperidine rings is 3. The van der Waals surface area contributed by atoms with Gasteiger partial charge in [-0.15, -0.1) is 0 Å². The van der Waals surface area contributed by atoms with Crippen molar-refractivity contribution in [3.63, 3.8) is 0 Å². The number of halogens is 2. The van der Waals surface area contributed by atoms with Crippen molar-refractivity contribution >= 4 is 44.4 Å². The number of fused-ring (bicyclic) bond motifs is 4. The van der Waals surface area contributed by atoms with Crippen molar-refractivity contribution in [2.24, 2.45) is 5.92 Å². The molecule has 0 aliphatic carbocycles. The lowest BCUT2D eigenvalue weighted by atomic mass is 9.76.